The number of hydrogen-bond donors (Lipinski definition) is 3. The Kier molecular flexibility index (Phi) is 72.3. The lowest BCUT2D eigenvalue weighted by molar-refractivity contribution is -0.161. The molecule has 0 fully saturated rings. The summed E-state index contributed by atoms with van der Waals surface area (Å²) in [4.78, 5) is 73.0. The average Bonchev–Trinajstić information content (AvgIpc) is 0.923. The SMILES string of the molecule is CCCCC/C=C\C/C=C\C/C=C\C/C=C\CCCC(=O)OC[C@H](COP(=O)(O)OC[C@@H](O)COP(=O)(O)OC[C@@H](COC(=O)CCCCCCCCC/C=C\CCCCCC)OC(=O)CCCCCCC/C=C\CCCCCCCC)OC(=O)CCCCCCC/C=C\C/C=C\CCCCC. The van der Waals surface area contributed by atoms with Crippen molar-refractivity contribution in [2.75, 3.05) is 39.6 Å². The normalized spacial score (nSPS) is 14.4. The number of phosphoric ester groups is 2. The number of rotatable bonds is 76. The van der Waals surface area contributed by atoms with Crippen LogP contribution in [-0.4, -0.2) is 96.7 Å². The lowest BCUT2D eigenvalue weighted by atomic mass is 10.1. The van der Waals surface area contributed by atoms with Crippen LogP contribution in [-0.2, 0) is 65.4 Å². The highest BCUT2D eigenvalue weighted by Gasteiger charge is 2.30. The highest BCUT2D eigenvalue weighted by atomic mass is 31.2. The fourth-order valence-corrected chi connectivity index (χ4v) is 12.3. The van der Waals surface area contributed by atoms with Gasteiger partial charge in [0.25, 0.3) is 0 Å². The predicted octanol–water partition coefficient (Wildman–Crippen LogP) is 23.6. The second-order valence-electron chi connectivity index (χ2n) is 27.0. The Bertz CT molecular complexity index is 2310. The molecule has 590 valence electrons. The molecule has 0 amide bonds. The molecule has 0 aromatic rings. The summed E-state index contributed by atoms with van der Waals surface area (Å²) >= 11 is 0. The number of esters is 4. The summed E-state index contributed by atoms with van der Waals surface area (Å²) in [5.41, 5.74) is 0. The number of carbonyl (C=O) groups excluding carboxylic acids is 4. The van der Waals surface area contributed by atoms with E-state index in [1.54, 1.807) is 0 Å². The van der Waals surface area contributed by atoms with Crippen molar-refractivity contribution in [3.63, 3.8) is 0 Å². The highest BCUT2D eigenvalue weighted by Crippen LogP contribution is 2.45. The number of aliphatic hydroxyl groups is 1. The molecule has 0 saturated carbocycles. The summed E-state index contributed by atoms with van der Waals surface area (Å²) in [5.74, 6) is -2.25. The number of hydrogen-bond acceptors (Lipinski definition) is 15. The van der Waals surface area contributed by atoms with Gasteiger partial charge in [-0.05, 0) is 148 Å². The van der Waals surface area contributed by atoms with Crippen molar-refractivity contribution in [1.82, 2.24) is 0 Å². The molecule has 0 aromatic carbocycles. The Morgan fingerprint density at radius 1 is 0.275 bits per heavy atom. The van der Waals surface area contributed by atoms with Gasteiger partial charge >= 0.3 is 39.5 Å². The quantitative estimate of drug-likeness (QED) is 0.0169. The minimum absolute atomic E-state index is 0.0672. The van der Waals surface area contributed by atoms with Gasteiger partial charge in [0.15, 0.2) is 12.2 Å². The fraction of sp³-hybridized carbons (Fsp3) is 0.759. The van der Waals surface area contributed by atoms with E-state index in [-0.39, 0.29) is 25.7 Å². The fourth-order valence-electron chi connectivity index (χ4n) is 10.8. The summed E-state index contributed by atoms with van der Waals surface area (Å²) in [6.07, 6.45) is 79.5. The molecule has 0 radical (unpaired) electrons. The first-order valence-corrected chi connectivity index (χ1v) is 43.5. The van der Waals surface area contributed by atoms with Crippen LogP contribution in [0.5, 0.6) is 0 Å². The number of allylic oxidation sites excluding steroid dienone is 16. The molecule has 0 rings (SSSR count). The summed E-state index contributed by atoms with van der Waals surface area (Å²) in [5, 5.41) is 10.6. The molecular weight excluding hydrogens is 1330 g/mol. The number of aliphatic hydroxyl groups excluding tert-OH is 1. The van der Waals surface area contributed by atoms with E-state index in [1.165, 1.54) is 116 Å². The summed E-state index contributed by atoms with van der Waals surface area (Å²) in [6, 6.07) is 0. The summed E-state index contributed by atoms with van der Waals surface area (Å²) < 4.78 is 68.6. The number of carbonyl (C=O) groups is 4. The van der Waals surface area contributed by atoms with E-state index in [0.717, 1.165) is 148 Å². The van der Waals surface area contributed by atoms with Crippen molar-refractivity contribution < 1.29 is 80.2 Å². The van der Waals surface area contributed by atoms with Crippen LogP contribution in [0.4, 0.5) is 0 Å². The van der Waals surface area contributed by atoms with Gasteiger partial charge in [-0.1, -0.05) is 273 Å². The number of unbranched alkanes of at least 4 members (excludes halogenated alkanes) is 34. The maximum atomic E-state index is 13.1. The lowest BCUT2D eigenvalue weighted by Crippen LogP contribution is -2.30. The molecule has 0 bridgehead atoms. The van der Waals surface area contributed by atoms with Crippen molar-refractivity contribution in [2.45, 2.75) is 367 Å². The monoisotopic (exact) mass is 1480 g/mol. The first kappa shape index (κ1) is 98.0. The van der Waals surface area contributed by atoms with Crippen LogP contribution < -0.4 is 0 Å². The van der Waals surface area contributed by atoms with E-state index in [1.807, 2.05) is 12.2 Å². The molecule has 5 atom stereocenters. The van der Waals surface area contributed by atoms with Gasteiger partial charge < -0.3 is 33.8 Å². The molecule has 2 unspecified atom stereocenters. The second-order valence-corrected chi connectivity index (χ2v) is 29.9. The van der Waals surface area contributed by atoms with Gasteiger partial charge in [-0.15, -0.1) is 0 Å². The molecule has 0 aliphatic carbocycles. The van der Waals surface area contributed by atoms with Crippen molar-refractivity contribution in [3.05, 3.63) is 97.2 Å². The van der Waals surface area contributed by atoms with Crippen LogP contribution in [0, 0.1) is 0 Å². The van der Waals surface area contributed by atoms with Crippen molar-refractivity contribution >= 4 is 39.5 Å². The van der Waals surface area contributed by atoms with Crippen LogP contribution in [0.15, 0.2) is 97.2 Å². The largest absolute Gasteiger partial charge is 0.472 e. The van der Waals surface area contributed by atoms with Crippen LogP contribution in [0.1, 0.15) is 349 Å². The third-order valence-electron chi connectivity index (χ3n) is 17.0. The maximum absolute atomic E-state index is 13.1. The van der Waals surface area contributed by atoms with E-state index < -0.39 is 97.5 Å². The van der Waals surface area contributed by atoms with Crippen molar-refractivity contribution in [3.8, 4) is 0 Å². The molecule has 3 N–H and O–H groups in total. The molecule has 0 aliphatic rings. The zero-order valence-corrected chi connectivity index (χ0v) is 66.3. The Labute approximate surface area is 620 Å². The Morgan fingerprint density at radius 2 is 0.490 bits per heavy atom. The highest BCUT2D eigenvalue weighted by molar-refractivity contribution is 7.47. The van der Waals surface area contributed by atoms with Crippen LogP contribution in [0.3, 0.4) is 0 Å². The van der Waals surface area contributed by atoms with Crippen LogP contribution in [0.25, 0.3) is 0 Å². The first-order chi connectivity index (χ1) is 49.7. The minimum atomic E-state index is -4.99. The Balaban J connectivity index is 5.41. The van der Waals surface area contributed by atoms with Gasteiger partial charge in [-0.25, -0.2) is 9.13 Å². The Morgan fingerprint density at radius 3 is 0.814 bits per heavy atom. The van der Waals surface area contributed by atoms with Gasteiger partial charge in [0.05, 0.1) is 26.4 Å². The van der Waals surface area contributed by atoms with E-state index in [9.17, 15) is 43.2 Å². The third kappa shape index (κ3) is 74.3. The van der Waals surface area contributed by atoms with Crippen LogP contribution >= 0.6 is 15.6 Å². The van der Waals surface area contributed by atoms with E-state index in [4.69, 9.17) is 37.0 Å². The van der Waals surface area contributed by atoms with Gasteiger partial charge in [-0.3, -0.25) is 37.3 Å². The molecule has 0 saturated heterocycles. The van der Waals surface area contributed by atoms with Gasteiger partial charge in [-0.2, -0.15) is 0 Å². The topological polar surface area (TPSA) is 237 Å². The third-order valence-corrected chi connectivity index (χ3v) is 18.9. The molecule has 19 heteroatoms. The summed E-state index contributed by atoms with van der Waals surface area (Å²) in [6.45, 7) is 4.75. The van der Waals surface area contributed by atoms with Gasteiger partial charge in [0.2, 0.25) is 0 Å². The molecule has 102 heavy (non-hydrogen) atoms. The average molecular weight is 1480 g/mol. The van der Waals surface area contributed by atoms with Crippen molar-refractivity contribution in [1.29, 1.82) is 0 Å². The number of ether oxygens (including phenoxy) is 4. The molecule has 0 aromatic heterocycles. The second kappa shape index (κ2) is 75.2. The maximum Gasteiger partial charge on any atom is 0.472 e. The zero-order valence-electron chi connectivity index (χ0n) is 64.5. The van der Waals surface area contributed by atoms with Crippen LogP contribution in [0.2, 0.25) is 0 Å². The number of phosphoric acid groups is 2. The van der Waals surface area contributed by atoms with Gasteiger partial charge in [0, 0.05) is 25.7 Å². The van der Waals surface area contributed by atoms with E-state index >= 15 is 0 Å². The smallest absolute Gasteiger partial charge is 0.462 e. The molecule has 0 heterocycles. The lowest BCUT2D eigenvalue weighted by Gasteiger charge is -2.21. The first-order valence-electron chi connectivity index (χ1n) is 40.5. The molecule has 0 spiro atoms. The standard InChI is InChI=1S/C83H146O17P2/c1-5-9-13-17-21-25-29-33-37-38-42-44-48-52-56-60-64-68-81(86)94-74-79(100-83(88)70-66-62-58-54-50-46-41-36-32-28-24-20-16-12-8-4)76-98-102(91,92)96-72-77(84)71-95-101(89,90)97-75-78(99-82(87)69-65-61-57-53-49-45-40-35-31-27-23-19-15-11-7-3)73-93-80(85)67-63-59-55-51-47-43-39-34-30-26-22-18-14-10-6-2/h21,24-26,28,30,33,35-37,40-42,44,52,56,77-79,84H,5-20,22-23,27,29,31-32,34,38-39,43,45-51,53-55,57-76H2,1-4H3,(H,89,90)(H,91,92)/b25-21-,28-24-,30-26-,37-33-,40-35-,41-36-,44-42-,56-52-/t77-,78+,79+/m0/s1. The zero-order chi connectivity index (χ0) is 74.6. The molecule has 17 nitrogen and oxygen atoms in total. The van der Waals surface area contributed by atoms with Gasteiger partial charge in [0.1, 0.15) is 19.3 Å². The van der Waals surface area contributed by atoms with E-state index in [2.05, 4.69) is 113 Å². The van der Waals surface area contributed by atoms with E-state index in [0.29, 0.717) is 32.1 Å². The summed E-state index contributed by atoms with van der Waals surface area (Å²) in [7, 11) is -9.97. The van der Waals surface area contributed by atoms with Crippen molar-refractivity contribution in [2.24, 2.45) is 0 Å². The Hall–Kier alpha value is -4.02. The predicted molar refractivity (Wildman–Crippen MR) is 418 cm³/mol. The minimum Gasteiger partial charge on any atom is -0.462 e. The molecular formula is C83H146O17P2. The molecule has 0 aliphatic heterocycles.